The second-order valence-corrected chi connectivity index (χ2v) is 6.68. The van der Waals surface area contributed by atoms with Gasteiger partial charge in [-0.15, -0.1) is 0 Å². The zero-order chi connectivity index (χ0) is 13.1. The first-order valence-electron chi connectivity index (χ1n) is 6.44. The molecule has 0 aliphatic heterocycles. The van der Waals surface area contributed by atoms with E-state index in [0.29, 0.717) is 12.6 Å². The zero-order valence-electron chi connectivity index (χ0n) is 10.8. The average Bonchev–Trinajstić information content (AvgIpc) is 2.28. The van der Waals surface area contributed by atoms with E-state index in [0.717, 1.165) is 27.2 Å². The predicted molar refractivity (Wildman–Crippen MR) is 82.0 cm³/mol. The van der Waals surface area contributed by atoms with Crippen LogP contribution >= 0.6 is 31.9 Å². The Morgan fingerprint density at radius 2 is 1.89 bits per heavy atom. The highest BCUT2D eigenvalue weighted by Gasteiger charge is 2.24. The van der Waals surface area contributed by atoms with Crippen molar-refractivity contribution in [3.05, 3.63) is 26.6 Å². The Morgan fingerprint density at radius 1 is 1.28 bits per heavy atom. The van der Waals surface area contributed by atoms with Crippen LogP contribution in [0.2, 0.25) is 0 Å². The largest absolute Gasteiger partial charge is 0.492 e. The molecule has 2 nitrogen and oxygen atoms in total. The predicted octanol–water partition coefficient (Wildman–Crippen LogP) is 4.50. The SMILES string of the molecule is CCOc1c(Br)cc(CNC2CC(C)C2)cc1Br. The normalized spacial score (nSPS) is 22.7. The fourth-order valence-corrected chi connectivity index (χ4v) is 3.84. The number of halogens is 2. The molecular formula is C14H19Br2NO. The van der Waals surface area contributed by atoms with E-state index in [1.807, 2.05) is 6.92 Å². The molecule has 1 aromatic rings. The third-order valence-corrected chi connectivity index (χ3v) is 4.49. The first-order chi connectivity index (χ1) is 8.60. The molecule has 0 saturated heterocycles. The summed E-state index contributed by atoms with van der Waals surface area (Å²) < 4.78 is 7.60. The maximum atomic E-state index is 5.58. The van der Waals surface area contributed by atoms with Gasteiger partial charge in [0.1, 0.15) is 5.75 Å². The van der Waals surface area contributed by atoms with Crippen LogP contribution in [-0.4, -0.2) is 12.6 Å². The third-order valence-electron chi connectivity index (χ3n) is 3.32. The average molecular weight is 377 g/mol. The molecule has 18 heavy (non-hydrogen) atoms. The molecule has 1 saturated carbocycles. The van der Waals surface area contributed by atoms with Gasteiger partial charge >= 0.3 is 0 Å². The van der Waals surface area contributed by atoms with Crippen molar-refractivity contribution in [2.24, 2.45) is 5.92 Å². The van der Waals surface area contributed by atoms with Crippen LogP contribution in [0.25, 0.3) is 0 Å². The minimum Gasteiger partial charge on any atom is -0.492 e. The molecule has 0 amide bonds. The molecule has 4 heteroatoms. The van der Waals surface area contributed by atoms with Gasteiger partial charge in [-0.1, -0.05) is 6.92 Å². The van der Waals surface area contributed by atoms with Crippen LogP contribution < -0.4 is 10.1 Å². The Bertz CT molecular complexity index is 393. The van der Waals surface area contributed by atoms with E-state index in [1.54, 1.807) is 0 Å². The molecule has 0 heterocycles. The van der Waals surface area contributed by atoms with Gasteiger partial charge in [-0.2, -0.15) is 0 Å². The van der Waals surface area contributed by atoms with Gasteiger partial charge in [-0.05, 0) is 75.2 Å². The van der Waals surface area contributed by atoms with Crippen molar-refractivity contribution in [3.63, 3.8) is 0 Å². The lowest BCUT2D eigenvalue weighted by Crippen LogP contribution is -2.39. The van der Waals surface area contributed by atoms with Crippen molar-refractivity contribution in [1.29, 1.82) is 0 Å². The first kappa shape index (κ1) is 14.4. The lowest BCUT2D eigenvalue weighted by molar-refractivity contribution is 0.240. The van der Waals surface area contributed by atoms with Gasteiger partial charge in [0.15, 0.2) is 0 Å². The van der Waals surface area contributed by atoms with Crippen LogP contribution in [0.4, 0.5) is 0 Å². The van der Waals surface area contributed by atoms with E-state index in [1.165, 1.54) is 18.4 Å². The van der Waals surface area contributed by atoms with Crippen LogP contribution in [-0.2, 0) is 6.54 Å². The van der Waals surface area contributed by atoms with Crippen molar-refractivity contribution in [3.8, 4) is 5.75 Å². The summed E-state index contributed by atoms with van der Waals surface area (Å²) in [6.45, 7) is 5.89. The van der Waals surface area contributed by atoms with Crippen LogP contribution in [0.15, 0.2) is 21.1 Å². The second kappa shape index (κ2) is 6.40. The molecule has 100 valence electrons. The van der Waals surface area contributed by atoms with E-state index in [2.05, 4.69) is 56.2 Å². The second-order valence-electron chi connectivity index (χ2n) is 4.98. The summed E-state index contributed by atoms with van der Waals surface area (Å²) in [5.41, 5.74) is 1.27. The summed E-state index contributed by atoms with van der Waals surface area (Å²) in [5.74, 6) is 1.78. The fraction of sp³-hybridized carbons (Fsp3) is 0.571. The Hall–Kier alpha value is -0.0600. The highest BCUT2D eigenvalue weighted by Crippen LogP contribution is 2.35. The highest BCUT2D eigenvalue weighted by atomic mass is 79.9. The van der Waals surface area contributed by atoms with Gasteiger partial charge < -0.3 is 10.1 Å². The fourth-order valence-electron chi connectivity index (χ4n) is 2.33. The van der Waals surface area contributed by atoms with Crippen LogP contribution in [0.1, 0.15) is 32.3 Å². The topological polar surface area (TPSA) is 21.3 Å². The molecule has 1 aliphatic rings. The van der Waals surface area contributed by atoms with Gasteiger partial charge in [0.2, 0.25) is 0 Å². The molecule has 1 aromatic carbocycles. The monoisotopic (exact) mass is 375 g/mol. The molecule has 0 unspecified atom stereocenters. The molecular weight excluding hydrogens is 358 g/mol. The van der Waals surface area contributed by atoms with Gasteiger partial charge in [-0.25, -0.2) is 0 Å². The molecule has 2 rings (SSSR count). The van der Waals surface area contributed by atoms with Crippen molar-refractivity contribution >= 4 is 31.9 Å². The Labute approximate surface area is 126 Å². The summed E-state index contributed by atoms with van der Waals surface area (Å²) in [5, 5.41) is 3.59. The zero-order valence-corrected chi connectivity index (χ0v) is 14.0. The molecule has 1 N–H and O–H groups in total. The van der Waals surface area contributed by atoms with Gasteiger partial charge in [0.05, 0.1) is 15.6 Å². The number of ether oxygens (including phenoxy) is 1. The van der Waals surface area contributed by atoms with Crippen molar-refractivity contribution < 1.29 is 4.74 Å². The van der Waals surface area contributed by atoms with E-state index in [9.17, 15) is 0 Å². The maximum absolute atomic E-state index is 5.58. The first-order valence-corrected chi connectivity index (χ1v) is 8.02. The quantitative estimate of drug-likeness (QED) is 0.816. The summed E-state index contributed by atoms with van der Waals surface area (Å²) >= 11 is 7.13. The van der Waals surface area contributed by atoms with Crippen LogP contribution in [0, 0.1) is 5.92 Å². The Balaban J connectivity index is 1.97. The number of hydrogen-bond acceptors (Lipinski definition) is 2. The summed E-state index contributed by atoms with van der Waals surface area (Å²) in [4.78, 5) is 0. The van der Waals surface area contributed by atoms with E-state index in [4.69, 9.17) is 4.74 Å². The highest BCUT2D eigenvalue weighted by molar-refractivity contribution is 9.11. The number of benzene rings is 1. The van der Waals surface area contributed by atoms with E-state index < -0.39 is 0 Å². The standard InChI is InChI=1S/C14H19Br2NO/c1-3-18-14-12(15)6-10(7-13(14)16)8-17-11-4-9(2)5-11/h6-7,9,11,17H,3-5,8H2,1-2H3. The minimum absolute atomic E-state index is 0.675. The number of rotatable bonds is 5. The van der Waals surface area contributed by atoms with Crippen LogP contribution in [0.5, 0.6) is 5.75 Å². The lowest BCUT2D eigenvalue weighted by atomic mass is 9.82. The summed E-state index contributed by atoms with van der Waals surface area (Å²) in [6, 6.07) is 4.96. The molecule has 0 atom stereocenters. The molecule has 0 radical (unpaired) electrons. The van der Waals surface area contributed by atoms with Gasteiger partial charge in [0.25, 0.3) is 0 Å². The molecule has 1 aliphatic carbocycles. The number of nitrogens with one attached hydrogen (secondary N) is 1. The smallest absolute Gasteiger partial charge is 0.147 e. The Kier molecular flexibility index (Phi) is 5.10. The molecule has 0 bridgehead atoms. The maximum Gasteiger partial charge on any atom is 0.147 e. The molecule has 0 spiro atoms. The van der Waals surface area contributed by atoms with Gasteiger partial charge in [-0.3, -0.25) is 0 Å². The van der Waals surface area contributed by atoms with E-state index in [-0.39, 0.29) is 0 Å². The van der Waals surface area contributed by atoms with Crippen molar-refractivity contribution in [1.82, 2.24) is 5.32 Å². The number of hydrogen-bond donors (Lipinski definition) is 1. The minimum atomic E-state index is 0.675. The molecule has 0 aromatic heterocycles. The lowest BCUT2D eigenvalue weighted by Gasteiger charge is -2.33. The third kappa shape index (κ3) is 3.49. The Morgan fingerprint density at radius 3 is 2.39 bits per heavy atom. The van der Waals surface area contributed by atoms with Crippen molar-refractivity contribution in [2.45, 2.75) is 39.3 Å². The van der Waals surface area contributed by atoms with Crippen molar-refractivity contribution in [2.75, 3.05) is 6.61 Å². The van der Waals surface area contributed by atoms with Gasteiger partial charge in [0, 0.05) is 12.6 Å². The molecule has 1 fully saturated rings. The van der Waals surface area contributed by atoms with E-state index >= 15 is 0 Å². The van der Waals surface area contributed by atoms with Crippen LogP contribution in [0.3, 0.4) is 0 Å². The summed E-state index contributed by atoms with van der Waals surface area (Å²) in [7, 11) is 0. The summed E-state index contributed by atoms with van der Waals surface area (Å²) in [6.07, 6.45) is 2.61.